The number of benzene rings is 1. The summed E-state index contributed by atoms with van der Waals surface area (Å²) < 4.78 is 5.38. The molecule has 1 atom stereocenters. The van der Waals surface area contributed by atoms with Crippen LogP contribution < -0.4 is 10.6 Å². The molecule has 1 heterocycles. The van der Waals surface area contributed by atoms with Crippen LogP contribution in [0.4, 0.5) is 5.69 Å². The van der Waals surface area contributed by atoms with Crippen LogP contribution in [0.3, 0.4) is 0 Å². The van der Waals surface area contributed by atoms with E-state index in [4.69, 9.17) is 4.74 Å². The highest BCUT2D eigenvalue weighted by molar-refractivity contribution is 6.39. The quantitative estimate of drug-likeness (QED) is 0.823. The minimum Gasteiger partial charge on any atom is -0.376 e. The molecule has 2 rings (SSSR count). The van der Waals surface area contributed by atoms with Crippen molar-refractivity contribution in [1.82, 2.24) is 5.32 Å². The second-order valence-corrected chi connectivity index (χ2v) is 5.10. The molecule has 20 heavy (non-hydrogen) atoms. The Morgan fingerprint density at radius 2 is 2.05 bits per heavy atom. The van der Waals surface area contributed by atoms with Crippen LogP contribution in [0.15, 0.2) is 18.2 Å². The van der Waals surface area contributed by atoms with Gasteiger partial charge < -0.3 is 15.4 Å². The van der Waals surface area contributed by atoms with Crippen molar-refractivity contribution in [2.24, 2.45) is 0 Å². The average molecular weight is 276 g/mol. The monoisotopic (exact) mass is 276 g/mol. The smallest absolute Gasteiger partial charge is 0.313 e. The van der Waals surface area contributed by atoms with Crippen molar-refractivity contribution < 1.29 is 14.3 Å². The van der Waals surface area contributed by atoms with E-state index in [2.05, 4.69) is 10.6 Å². The minimum absolute atomic E-state index is 0.0355. The van der Waals surface area contributed by atoms with Gasteiger partial charge in [-0.3, -0.25) is 9.59 Å². The van der Waals surface area contributed by atoms with Gasteiger partial charge in [0.15, 0.2) is 0 Å². The third-order valence-electron chi connectivity index (χ3n) is 3.49. The summed E-state index contributed by atoms with van der Waals surface area (Å²) >= 11 is 0. The van der Waals surface area contributed by atoms with Crippen LogP contribution in [0, 0.1) is 13.8 Å². The van der Waals surface area contributed by atoms with Crippen molar-refractivity contribution in [3.05, 3.63) is 29.3 Å². The predicted molar refractivity (Wildman–Crippen MR) is 76.5 cm³/mol. The fraction of sp³-hybridized carbons (Fsp3) is 0.467. The Hall–Kier alpha value is -1.88. The summed E-state index contributed by atoms with van der Waals surface area (Å²) in [5, 5.41) is 5.19. The fourth-order valence-electron chi connectivity index (χ4n) is 2.10. The molecule has 5 heteroatoms. The maximum atomic E-state index is 11.7. The van der Waals surface area contributed by atoms with E-state index in [0.29, 0.717) is 12.2 Å². The number of carbonyl (C=O) groups excluding carboxylic acids is 2. The van der Waals surface area contributed by atoms with E-state index in [1.54, 1.807) is 6.07 Å². The van der Waals surface area contributed by atoms with Gasteiger partial charge in [-0.05, 0) is 49.9 Å². The number of hydrogen-bond donors (Lipinski definition) is 2. The second-order valence-electron chi connectivity index (χ2n) is 5.10. The molecule has 0 unspecified atom stereocenters. The number of ether oxygens (including phenoxy) is 1. The van der Waals surface area contributed by atoms with E-state index in [-0.39, 0.29) is 6.10 Å². The summed E-state index contributed by atoms with van der Waals surface area (Å²) in [6, 6.07) is 5.55. The summed E-state index contributed by atoms with van der Waals surface area (Å²) in [6.45, 7) is 5.08. The molecule has 1 fully saturated rings. The first-order valence-electron chi connectivity index (χ1n) is 6.84. The lowest BCUT2D eigenvalue weighted by Crippen LogP contribution is -2.39. The number of anilines is 1. The molecule has 2 N–H and O–H groups in total. The highest BCUT2D eigenvalue weighted by Gasteiger charge is 2.19. The molecule has 1 aliphatic rings. The van der Waals surface area contributed by atoms with Crippen LogP contribution in [0.5, 0.6) is 0 Å². The molecule has 0 saturated carbocycles. The Bertz CT molecular complexity index is 508. The zero-order chi connectivity index (χ0) is 14.5. The molecular formula is C15H20N2O3. The third kappa shape index (κ3) is 3.81. The second kappa shape index (κ2) is 6.52. The zero-order valence-electron chi connectivity index (χ0n) is 11.9. The molecular weight excluding hydrogens is 256 g/mol. The Morgan fingerprint density at radius 3 is 2.70 bits per heavy atom. The minimum atomic E-state index is -0.647. The topological polar surface area (TPSA) is 67.4 Å². The molecule has 1 aromatic carbocycles. The van der Waals surface area contributed by atoms with E-state index in [1.807, 2.05) is 26.0 Å². The van der Waals surface area contributed by atoms with E-state index in [1.165, 1.54) is 0 Å². The number of rotatable bonds is 3. The lowest BCUT2D eigenvalue weighted by Gasteiger charge is -2.11. The number of amides is 2. The average Bonchev–Trinajstić information content (AvgIpc) is 2.93. The van der Waals surface area contributed by atoms with Crippen LogP contribution in [0.2, 0.25) is 0 Å². The first kappa shape index (κ1) is 14.5. The number of hydrogen-bond acceptors (Lipinski definition) is 3. The molecule has 108 valence electrons. The predicted octanol–water partition coefficient (Wildman–Crippen LogP) is 1.54. The molecule has 0 aromatic heterocycles. The van der Waals surface area contributed by atoms with E-state index in [9.17, 15) is 9.59 Å². The van der Waals surface area contributed by atoms with Crippen LogP contribution in [-0.4, -0.2) is 31.1 Å². The van der Waals surface area contributed by atoms with Crippen molar-refractivity contribution in [3.8, 4) is 0 Å². The molecule has 0 spiro atoms. The highest BCUT2D eigenvalue weighted by atomic mass is 16.5. The van der Waals surface area contributed by atoms with Crippen LogP contribution in [0.1, 0.15) is 24.0 Å². The summed E-state index contributed by atoms with van der Waals surface area (Å²) in [7, 11) is 0. The maximum absolute atomic E-state index is 11.7. The van der Waals surface area contributed by atoms with Crippen molar-refractivity contribution in [2.75, 3.05) is 18.5 Å². The summed E-state index contributed by atoms with van der Waals surface area (Å²) in [6.07, 6.45) is 1.97. The summed E-state index contributed by atoms with van der Waals surface area (Å²) in [5.74, 6) is -1.27. The standard InChI is InChI=1S/C15H20N2O3/c1-10-5-6-12(8-11(10)2)17-15(19)14(18)16-9-13-4-3-7-20-13/h5-6,8,13H,3-4,7,9H2,1-2H3,(H,16,18)(H,17,19)/t13-/m0/s1. The molecule has 5 nitrogen and oxygen atoms in total. The van der Waals surface area contributed by atoms with Crippen molar-refractivity contribution in [1.29, 1.82) is 0 Å². The third-order valence-corrected chi connectivity index (χ3v) is 3.49. The van der Waals surface area contributed by atoms with Gasteiger partial charge in [0.2, 0.25) is 0 Å². The lowest BCUT2D eigenvalue weighted by atomic mass is 10.1. The first-order valence-corrected chi connectivity index (χ1v) is 6.84. The Morgan fingerprint density at radius 1 is 1.25 bits per heavy atom. The van der Waals surface area contributed by atoms with Crippen molar-refractivity contribution in [2.45, 2.75) is 32.8 Å². The van der Waals surface area contributed by atoms with Gasteiger partial charge in [-0.2, -0.15) is 0 Å². The highest BCUT2D eigenvalue weighted by Crippen LogP contribution is 2.14. The van der Waals surface area contributed by atoms with E-state index < -0.39 is 11.8 Å². The summed E-state index contributed by atoms with van der Waals surface area (Å²) in [4.78, 5) is 23.4. The lowest BCUT2D eigenvalue weighted by molar-refractivity contribution is -0.136. The molecule has 1 aliphatic heterocycles. The van der Waals surface area contributed by atoms with Gasteiger partial charge in [-0.1, -0.05) is 6.07 Å². The van der Waals surface area contributed by atoms with Gasteiger partial charge in [0.25, 0.3) is 0 Å². The molecule has 1 aromatic rings. The molecule has 2 amide bonds. The maximum Gasteiger partial charge on any atom is 0.313 e. The van der Waals surface area contributed by atoms with Gasteiger partial charge in [0.1, 0.15) is 0 Å². The Balaban J connectivity index is 1.83. The molecule has 0 bridgehead atoms. The van der Waals surface area contributed by atoms with Crippen LogP contribution >= 0.6 is 0 Å². The number of nitrogens with one attached hydrogen (secondary N) is 2. The van der Waals surface area contributed by atoms with E-state index in [0.717, 1.165) is 30.6 Å². The number of carbonyl (C=O) groups is 2. The van der Waals surface area contributed by atoms with E-state index >= 15 is 0 Å². The molecule has 1 saturated heterocycles. The first-order chi connectivity index (χ1) is 9.56. The van der Waals surface area contributed by atoms with Crippen LogP contribution in [-0.2, 0) is 14.3 Å². The van der Waals surface area contributed by atoms with Crippen molar-refractivity contribution in [3.63, 3.8) is 0 Å². The van der Waals surface area contributed by atoms with Gasteiger partial charge >= 0.3 is 11.8 Å². The summed E-state index contributed by atoms with van der Waals surface area (Å²) in [5.41, 5.74) is 2.85. The Labute approximate surface area is 118 Å². The van der Waals surface area contributed by atoms with Gasteiger partial charge in [0.05, 0.1) is 6.10 Å². The van der Waals surface area contributed by atoms with Crippen molar-refractivity contribution >= 4 is 17.5 Å². The van der Waals surface area contributed by atoms with Crippen LogP contribution in [0.25, 0.3) is 0 Å². The van der Waals surface area contributed by atoms with Gasteiger partial charge in [-0.15, -0.1) is 0 Å². The largest absolute Gasteiger partial charge is 0.376 e. The van der Waals surface area contributed by atoms with Gasteiger partial charge in [-0.25, -0.2) is 0 Å². The number of aryl methyl sites for hydroxylation is 2. The fourth-order valence-corrected chi connectivity index (χ4v) is 2.10. The molecule has 0 radical (unpaired) electrons. The normalized spacial score (nSPS) is 17.8. The van der Waals surface area contributed by atoms with Gasteiger partial charge in [0, 0.05) is 18.8 Å². The Kier molecular flexibility index (Phi) is 4.74. The molecule has 0 aliphatic carbocycles. The zero-order valence-corrected chi connectivity index (χ0v) is 11.9. The SMILES string of the molecule is Cc1ccc(NC(=O)C(=O)NC[C@@H]2CCCO2)cc1C.